The van der Waals surface area contributed by atoms with E-state index in [1.54, 1.807) is 16.8 Å². The van der Waals surface area contributed by atoms with E-state index < -0.39 is 6.10 Å². The van der Waals surface area contributed by atoms with E-state index in [2.05, 4.69) is 5.10 Å². The minimum atomic E-state index is -0.598. The Hall–Kier alpha value is -1.68. The number of aryl methyl sites for hydroxylation is 2. The Morgan fingerprint density at radius 3 is 2.61 bits per heavy atom. The fourth-order valence-corrected chi connectivity index (χ4v) is 2.06. The lowest BCUT2D eigenvalue weighted by atomic mass is 10.0. The summed E-state index contributed by atoms with van der Waals surface area (Å²) < 4.78 is 14.5. The van der Waals surface area contributed by atoms with Gasteiger partial charge in [0.05, 0.1) is 11.8 Å². The predicted molar refractivity (Wildman–Crippen MR) is 67.6 cm³/mol. The predicted octanol–water partition coefficient (Wildman–Crippen LogP) is 2.40. The molecule has 0 spiro atoms. The average Bonchev–Trinajstić information content (AvgIpc) is 2.73. The SMILES string of the molecule is CCc1nn(C)cc1C(O)Cc1ccc(F)cc1. The van der Waals surface area contributed by atoms with Gasteiger partial charge in [0.25, 0.3) is 0 Å². The lowest BCUT2D eigenvalue weighted by molar-refractivity contribution is 0.177. The van der Waals surface area contributed by atoms with E-state index >= 15 is 0 Å². The summed E-state index contributed by atoms with van der Waals surface area (Å²) in [4.78, 5) is 0. The van der Waals surface area contributed by atoms with Crippen molar-refractivity contribution in [2.24, 2.45) is 7.05 Å². The fourth-order valence-electron chi connectivity index (χ4n) is 2.06. The van der Waals surface area contributed by atoms with E-state index in [4.69, 9.17) is 0 Å². The molecular weight excluding hydrogens is 231 g/mol. The molecule has 0 aliphatic heterocycles. The highest BCUT2D eigenvalue weighted by molar-refractivity contribution is 5.24. The summed E-state index contributed by atoms with van der Waals surface area (Å²) in [7, 11) is 1.84. The van der Waals surface area contributed by atoms with Crippen molar-refractivity contribution in [1.82, 2.24) is 9.78 Å². The van der Waals surface area contributed by atoms with Gasteiger partial charge >= 0.3 is 0 Å². The highest BCUT2D eigenvalue weighted by Gasteiger charge is 2.15. The van der Waals surface area contributed by atoms with Gasteiger partial charge in [0, 0.05) is 25.2 Å². The largest absolute Gasteiger partial charge is 0.388 e. The molecule has 0 aliphatic carbocycles. The molecule has 0 saturated heterocycles. The van der Waals surface area contributed by atoms with Gasteiger partial charge in [0.2, 0.25) is 0 Å². The van der Waals surface area contributed by atoms with Crippen LogP contribution < -0.4 is 0 Å². The summed E-state index contributed by atoms with van der Waals surface area (Å²) in [6, 6.07) is 6.21. The maximum atomic E-state index is 12.8. The Morgan fingerprint density at radius 1 is 1.33 bits per heavy atom. The Kier molecular flexibility index (Phi) is 3.77. The van der Waals surface area contributed by atoms with E-state index in [0.717, 1.165) is 23.2 Å². The van der Waals surface area contributed by atoms with Crippen molar-refractivity contribution < 1.29 is 9.50 Å². The van der Waals surface area contributed by atoms with Crippen molar-refractivity contribution >= 4 is 0 Å². The van der Waals surface area contributed by atoms with Gasteiger partial charge in [-0.25, -0.2) is 4.39 Å². The van der Waals surface area contributed by atoms with Gasteiger partial charge < -0.3 is 5.11 Å². The molecule has 1 N–H and O–H groups in total. The molecule has 1 aromatic heterocycles. The molecular formula is C14H17FN2O. The summed E-state index contributed by atoms with van der Waals surface area (Å²) in [5.41, 5.74) is 2.67. The zero-order valence-electron chi connectivity index (χ0n) is 10.6. The molecule has 0 radical (unpaired) electrons. The van der Waals surface area contributed by atoms with Crippen LogP contribution in [0.4, 0.5) is 4.39 Å². The summed E-state index contributed by atoms with van der Waals surface area (Å²) in [5, 5.41) is 14.5. The Morgan fingerprint density at radius 2 is 2.00 bits per heavy atom. The molecule has 1 aromatic carbocycles. The minimum absolute atomic E-state index is 0.260. The summed E-state index contributed by atoms with van der Waals surface area (Å²) in [5.74, 6) is -0.260. The van der Waals surface area contributed by atoms with Crippen LogP contribution in [0.15, 0.2) is 30.5 Å². The Balaban J connectivity index is 2.16. The first-order valence-corrected chi connectivity index (χ1v) is 6.05. The average molecular weight is 248 g/mol. The van der Waals surface area contributed by atoms with Crippen LogP contribution >= 0.6 is 0 Å². The van der Waals surface area contributed by atoms with Gasteiger partial charge in [-0.1, -0.05) is 19.1 Å². The molecule has 4 heteroatoms. The normalized spacial score (nSPS) is 12.7. The number of aliphatic hydroxyl groups is 1. The zero-order valence-corrected chi connectivity index (χ0v) is 10.6. The van der Waals surface area contributed by atoms with Crippen molar-refractivity contribution in [3.05, 3.63) is 53.1 Å². The van der Waals surface area contributed by atoms with E-state index in [-0.39, 0.29) is 5.82 Å². The van der Waals surface area contributed by atoms with Gasteiger partial charge in [0.1, 0.15) is 5.82 Å². The molecule has 1 atom stereocenters. The highest BCUT2D eigenvalue weighted by atomic mass is 19.1. The van der Waals surface area contributed by atoms with Crippen LogP contribution in [0, 0.1) is 5.82 Å². The number of hydrogen-bond donors (Lipinski definition) is 1. The fraction of sp³-hybridized carbons (Fsp3) is 0.357. The van der Waals surface area contributed by atoms with Crippen LogP contribution in [-0.4, -0.2) is 14.9 Å². The second-order valence-electron chi connectivity index (χ2n) is 4.40. The molecule has 3 nitrogen and oxygen atoms in total. The number of nitrogens with zero attached hydrogens (tertiary/aromatic N) is 2. The maximum absolute atomic E-state index is 12.8. The van der Waals surface area contributed by atoms with Crippen molar-refractivity contribution in [3.8, 4) is 0 Å². The number of hydrogen-bond acceptors (Lipinski definition) is 2. The number of rotatable bonds is 4. The number of halogens is 1. The molecule has 0 fully saturated rings. The third-order valence-corrected chi connectivity index (χ3v) is 2.97. The van der Waals surface area contributed by atoms with E-state index in [1.807, 2.05) is 20.2 Å². The first-order valence-electron chi connectivity index (χ1n) is 6.05. The highest BCUT2D eigenvalue weighted by Crippen LogP contribution is 2.21. The van der Waals surface area contributed by atoms with Gasteiger partial charge in [-0.05, 0) is 24.1 Å². The van der Waals surface area contributed by atoms with Crippen LogP contribution in [0.5, 0.6) is 0 Å². The topological polar surface area (TPSA) is 38.0 Å². The molecule has 1 heterocycles. The first kappa shape index (κ1) is 12.8. The molecule has 2 aromatic rings. The minimum Gasteiger partial charge on any atom is -0.388 e. The standard InChI is InChI=1S/C14H17FN2O/c1-3-13-12(9-17(2)16-13)14(18)8-10-4-6-11(15)7-5-10/h4-7,9,14,18H,3,8H2,1-2H3. The van der Waals surface area contributed by atoms with Gasteiger partial charge in [-0.15, -0.1) is 0 Å². The third kappa shape index (κ3) is 2.76. The second-order valence-corrected chi connectivity index (χ2v) is 4.40. The van der Waals surface area contributed by atoms with Crippen molar-refractivity contribution in [2.45, 2.75) is 25.9 Å². The van der Waals surface area contributed by atoms with Crippen molar-refractivity contribution in [3.63, 3.8) is 0 Å². The molecule has 0 saturated carbocycles. The van der Waals surface area contributed by atoms with E-state index in [9.17, 15) is 9.50 Å². The summed E-state index contributed by atoms with van der Waals surface area (Å²) in [6.45, 7) is 2.01. The number of aliphatic hydroxyl groups excluding tert-OH is 1. The molecule has 0 amide bonds. The quantitative estimate of drug-likeness (QED) is 0.902. The second kappa shape index (κ2) is 5.31. The van der Waals surface area contributed by atoms with Gasteiger partial charge in [-0.3, -0.25) is 4.68 Å². The molecule has 18 heavy (non-hydrogen) atoms. The zero-order chi connectivity index (χ0) is 13.1. The monoisotopic (exact) mass is 248 g/mol. The third-order valence-electron chi connectivity index (χ3n) is 2.97. The first-order chi connectivity index (χ1) is 8.60. The van der Waals surface area contributed by atoms with Crippen LogP contribution in [0.2, 0.25) is 0 Å². The summed E-state index contributed by atoms with van der Waals surface area (Å²) in [6.07, 6.45) is 2.50. The maximum Gasteiger partial charge on any atom is 0.123 e. The van der Waals surface area contributed by atoms with Crippen LogP contribution in [0.25, 0.3) is 0 Å². The summed E-state index contributed by atoms with van der Waals surface area (Å²) >= 11 is 0. The van der Waals surface area contributed by atoms with Gasteiger partial charge in [-0.2, -0.15) is 5.10 Å². The number of aromatic nitrogens is 2. The number of benzene rings is 1. The molecule has 2 rings (SSSR count). The van der Waals surface area contributed by atoms with Crippen LogP contribution in [0.3, 0.4) is 0 Å². The van der Waals surface area contributed by atoms with Gasteiger partial charge in [0.15, 0.2) is 0 Å². The van der Waals surface area contributed by atoms with Crippen molar-refractivity contribution in [1.29, 1.82) is 0 Å². The van der Waals surface area contributed by atoms with E-state index in [1.165, 1.54) is 12.1 Å². The van der Waals surface area contributed by atoms with Crippen LogP contribution in [0.1, 0.15) is 29.8 Å². The smallest absolute Gasteiger partial charge is 0.123 e. The van der Waals surface area contributed by atoms with Crippen LogP contribution in [-0.2, 0) is 19.9 Å². The van der Waals surface area contributed by atoms with E-state index in [0.29, 0.717) is 6.42 Å². The molecule has 96 valence electrons. The lowest BCUT2D eigenvalue weighted by Crippen LogP contribution is -2.03. The van der Waals surface area contributed by atoms with Crippen molar-refractivity contribution in [2.75, 3.05) is 0 Å². The molecule has 1 unspecified atom stereocenters. The lowest BCUT2D eigenvalue weighted by Gasteiger charge is -2.10. The Bertz CT molecular complexity index is 519. The molecule has 0 bridgehead atoms. The Labute approximate surface area is 106 Å². The molecule has 0 aliphatic rings.